The van der Waals surface area contributed by atoms with Crippen molar-refractivity contribution < 1.29 is 14.7 Å². The molecule has 0 aromatic heterocycles. The zero-order chi connectivity index (χ0) is 21.6. The number of carbonyl (C=O) groups is 2. The topological polar surface area (TPSA) is 72.9 Å². The number of carboxylic acid groups (broad SMARTS) is 1. The third-order valence-corrected chi connectivity index (χ3v) is 6.57. The lowest BCUT2D eigenvalue weighted by molar-refractivity contribution is 0.0697. The van der Waals surface area contributed by atoms with Crippen LogP contribution in [0.3, 0.4) is 0 Å². The lowest BCUT2D eigenvalue weighted by Gasteiger charge is -2.37. The zero-order valence-corrected chi connectivity index (χ0v) is 17.9. The van der Waals surface area contributed by atoms with Gasteiger partial charge >= 0.3 is 12.0 Å². The number of rotatable bonds is 5. The second-order valence-electron chi connectivity index (χ2n) is 8.65. The number of piperidine rings is 2. The number of benzene rings is 2. The molecule has 0 aliphatic carbocycles. The van der Waals surface area contributed by atoms with Crippen molar-refractivity contribution in [3.63, 3.8) is 0 Å². The lowest BCUT2D eigenvalue weighted by Crippen LogP contribution is -2.51. The average molecular weight is 422 g/mol. The molecule has 2 N–H and O–H groups in total. The number of amides is 2. The molecule has 0 spiro atoms. The molecule has 0 bridgehead atoms. The van der Waals surface area contributed by atoms with Crippen LogP contribution in [0.15, 0.2) is 54.6 Å². The molecule has 2 aromatic rings. The molecule has 6 heteroatoms. The van der Waals surface area contributed by atoms with Gasteiger partial charge < -0.3 is 20.2 Å². The van der Waals surface area contributed by atoms with Crippen molar-refractivity contribution in [3.05, 3.63) is 65.7 Å². The molecular formula is C25H31N3O3. The van der Waals surface area contributed by atoms with Crippen LogP contribution in [0.2, 0.25) is 0 Å². The normalized spacial score (nSPS) is 18.1. The Balaban J connectivity index is 1.22. The third kappa shape index (κ3) is 5.37. The first-order chi connectivity index (χ1) is 15.1. The minimum absolute atomic E-state index is 0.0440. The van der Waals surface area contributed by atoms with E-state index in [1.165, 1.54) is 5.56 Å². The van der Waals surface area contributed by atoms with E-state index in [4.69, 9.17) is 0 Å². The van der Waals surface area contributed by atoms with Gasteiger partial charge in [0, 0.05) is 32.2 Å². The molecule has 0 unspecified atom stereocenters. The van der Waals surface area contributed by atoms with Crippen molar-refractivity contribution in [1.29, 1.82) is 0 Å². The van der Waals surface area contributed by atoms with Crippen LogP contribution in [-0.4, -0.2) is 54.2 Å². The lowest BCUT2D eigenvalue weighted by atomic mass is 9.90. The van der Waals surface area contributed by atoms with E-state index in [0.717, 1.165) is 64.0 Å². The van der Waals surface area contributed by atoms with Crippen molar-refractivity contribution in [2.75, 3.05) is 31.1 Å². The Labute approximate surface area is 183 Å². The van der Waals surface area contributed by atoms with Gasteiger partial charge in [0.05, 0.1) is 11.3 Å². The first kappa shape index (κ1) is 21.2. The summed E-state index contributed by atoms with van der Waals surface area (Å²) in [5.74, 6) is -0.259. The van der Waals surface area contributed by atoms with Gasteiger partial charge in [-0.25, -0.2) is 9.59 Å². The van der Waals surface area contributed by atoms with Crippen LogP contribution in [-0.2, 0) is 6.42 Å². The first-order valence-corrected chi connectivity index (χ1v) is 11.3. The van der Waals surface area contributed by atoms with Gasteiger partial charge in [-0.15, -0.1) is 0 Å². The van der Waals surface area contributed by atoms with Gasteiger partial charge in [-0.1, -0.05) is 42.5 Å². The van der Waals surface area contributed by atoms with Crippen LogP contribution in [0, 0.1) is 5.92 Å². The van der Waals surface area contributed by atoms with Crippen LogP contribution in [0.1, 0.15) is 41.6 Å². The number of hydrogen-bond donors (Lipinski definition) is 2. The van der Waals surface area contributed by atoms with Crippen LogP contribution >= 0.6 is 0 Å². The van der Waals surface area contributed by atoms with Gasteiger partial charge in [0.1, 0.15) is 0 Å². The number of urea groups is 1. The summed E-state index contributed by atoms with van der Waals surface area (Å²) < 4.78 is 0. The zero-order valence-electron chi connectivity index (χ0n) is 17.9. The van der Waals surface area contributed by atoms with E-state index in [2.05, 4.69) is 34.5 Å². The summed E-state index contributed by atoms with van der Waals surface area (Å²) in [7, 11) is 0. The molecule has 2 amide bonds. The maximum Gasteiger partial charge on any atom is 0.337 e. The van der Waals surface area contributed by atoms with E-state index in [1.807, 2.05) is 23.1 Å². The Hall–Kier alpha value is -3.02. The summed E-state index contributed by atoms with van der Waals surface area (Å²) in [5.41, 5.74) is 2.48. The Kier molecular flexibility index (Phi) is 6.75. The molecule has 4 rings (SSSR count). The standard InChI is InChI=1S/C25H31N3O3/c29-24(30)22-8-4-5-9-23(22)27-16-12-21(13-17-27)26-25(31)28-14-10-20(11-15-28)18-19-6-2-1-3-7-19/h1-9,20-21H,10-18H2,(H,26,31)(H,29,30). The molecule has 6 nitrogen and oxygen atoms in total. The van der Waals surface area contributed by atoms with E-state index in [9.17, 15) is 14.7 Å². The van der Waals surface area contributed by atoms with Crippen molar-refractivity contribution in [3.8, 4) is 0 Å². The monoisotopic (exact) mass is 421 g/mol. The van der Waals surface area contributed by atoms with Gasteiger partial charge in [0.2, 0.25) is 0 Å². The summed E-state index contributed by atoms with van der Waals surface area (Å²) in [5, 5.41) is 12.6. The second-order valence-corrected chi connectivity index (χ2v) is 8.65. The largest absolute Gasteiger partial charge is 0.478 e. The quantitative estimate of drug-likeness (QED) is 0.765. The van der Waals surface area contributed by atoms with Crippen molar-refractivity contribution in [2.45, 2.75) is 38.1 Å². The maximum atomic E-state index is 12.7. The highest BCUT2D eigenvalue weighted by Gasteiger charge is 2.27. The molecule has 2 aliphatic rings. The first-order valence-electron chi connectivity index (χ1n) is 11.3. The van der Waals surface area contributed by atoms with Crippen molar-refractivity contribution in [1.82, 2.24) is 10.2 Å². The number of nitrogens with zero attached hydrogens (tertiary/aromatic N) is 2. The Morgan fingerprint density at radius 2 is 1.52 bits per heavy atom. The summed E-state index contributed by atoms with van der Waals surface area (Å²) in [6.07, 6.45) is 4.83. The molecule has 2 fully saturated rings. The van der Waals surface area contributed by atoms with Gasteiger partial charge in [-0.05, 0) is 55.7 Å². The molecule has 2 saturated heterocycles. The van der Waals surface area contributed by atoms with Crippen molar-refractivity contribution in [2.24, 2.45) is 5.92 Å². The van der Waals surface area contributed by atoms with E-state index in [1.54, 1.807) is 12.1 Å². The predicted molar refractivity (Wildman–Crippen MR) is 122 cm³/mol. The molecule has 31 heavy (non-hydrogen) atoms. The summed E-state index contributed by atoms with van der Waals surface area (Å²) in [4.78, 5) is 28.3. The number of para-hydroxylation sites is 1. The van der Waals surface area contributed by atoms with Crippen LogP contribution in [0.4, 0.5) is 10.5 Å². The van der Waals surface area contributed by atoms with Gasteiger partial charge in [-0.3, -0.25) is 0 Å². The Morgan fingerprint density at radius 3 is 2.19 bits per heavy atom. The van der Waals surface area contributed by atoms with Crippen LogP contribution in [0.25, 0.3) is 0 Å². The fraction of sp³-hybridized carbons (Fsp3) is 0.440. The molecule has 0 atom stereocenters. The summed E-state index contributed by atoms with van der Waals surface area (Å²) in [6, 6.07) is 17.9. The second kappa shape index (κ2) is 9.86. The van der Waals surface area contributed by atoms with E-state index in [-0.39, 0.29) is 12.1 Å². The van der Waals surface area contributed by atoms with Gasteiger partial charge in [-0.2, -0.15) is 0 Å². The van der Waals surface area contributed by atoms with E-state index < -0.39 is 5.97 Å². The van der Waals surface area contributed by atoms with Crippen LogP contribution in [0.5, 0.6) is 0 Å². The highest BCUT2D eigenvalue weighted by atomic mass is 16.4. The van der Waals surface area contributed by atoms with Gasteiger partial charge in [0.25, 0.3) is 0 Å². The van der Waals surface area contributed by atoms with Gasteiger partial charge in [0.15, 0.2) is 0 Å². The summed E-state index contributed by atoms with van der Waals surface area (Å²) >= 11 is 0. The van der Waals surface area contributed by atoms with E-state index in [0.29, 0.717) is 11.5 Å². The fourth-order valence-corrected chi connectivity index (χ4v) is 4.75. The minimum atomic E-state index is -0.901. The smallest absolute Gasteiger partial charge is 0.337 e. The Morgan fingerprint density at radius 1 is 0.871 bits per heavy atom. The molecule has 164 valence electrons. The molecule has 2 heterocycles. The number of aromatic carboxylic acids is 1. The Bertz CT molecular complexity index is 886. The summed E-state index contributed by atoms with van der Waals surface area (Å²) in [6.45, 7) is 3.12. The number of carboxylic acids is 1. The van der Waals surface area contributed by atoms with Crippen molar-refractivity contribution >= 4 is 17.7 Å². The predicted octanol–water partition coefficient (Wildman–Crippen LogP) is 4.02. The maximum absolute atomic E-state index is 12.7. The molecule has 0 radical (unpaired) electrons. The average Bonchev–Trinajstić information content (AvgIpc) is 2.81. The SMILES string of the molecule is O=C(O)c1ccccc1N1CCC(NC(=O)N2CCC(Cc3ccccc3)CC2)CC1. The fourth-order valence-electron chi connectivity index (χ4n) is 4.75. The number of nitrogens with one attached hydrogen (secondary N) is 1. The highest BCUT2D eigenvalue weighted by Crippen LogP contribution is 2.25. The molecule has 2 aromatic carbocycles. The van der Waals surface area contributed by atoms with Crippen LogP contribution < -0.4 is 10.2 Å². The molecular weight excluding hydrogens is 390 g/mol. The number of hydrogen-bond acceptors (Lipinski definition) is 3. The molecule has 2 aliphatic heterocycles. The molecule has 0 saturated carbocycles. The van der Waals surface area contributed by atoms with E-state index >= 15 is 0 Å². The number of anilines is 1. The number of likely N-dealkylation sites (tertiary alicyclic amines) is 1. The highest BCUT2D eigenvalue weighted by molar-refractivity contribution is 5.94. The number of carbonyl (C=O) groups excluding carboxylic acids is 1. The third-order valence-electron chi connectivity index (χ3n) is 6.57. The minimum Gasteiger partial charge on any atom is -0.478 e.